The minimum absolute atomic E-state index is 0.0799. The van der Waals surface area contributed by atoms with Crippen molar-refractivity contribution in [3.05, 3.63) is 65.1 Å². The summed E-state index contributed by atoms with van der Waals surface area (Å²) in [6, 6.07) is 13.4. The molecule has 2 N–H and O–H groups in total. The van der Waals surface area contributed by atoms with E-state index in [0.29, 0.717) is 15.8 Å². The molecular formula is C29H28F2N4O. The highest BCUT2D eigenvalue weighted by Gasteiger charge is 2.55. The van der Waals surface area contributed by atoms with Gasteiger partial charge in [-0.3, -0.25) is 0 Å². The van der Waals surface area contributed by atoms with Crippen LogP contribution in [0.3, 0.4) is 0 Å². The predicted molar refractivity (Wildman–Crippen MR) is 138 cm³/mol. The standard InChI is InChI=1S/C28H27F2N3O.CHN/c1-25(2)13-26(3,4)15-27(14-25)19-9-7-6-8-16(19)24-18-11-22-21(32-28(29,30)33(22)31-5)10-17(18)23(34)12-20(24)27;1-2/h6-12,32,34H,13-15H2,1-4H3;1H. The molecule has 3 aliphatic rings. The van der Waals surface area contributed by atoms with Gasteiger partial charge in [0.15, 0.2) is 0 Å². The van der Waals surface area contributed by atoms with Crippen molar-refractivity contribution >= 4 is 22.1 Å². The van der Waals surface area contributed by atoms with Gasteiger partial charge >= 0.3 is 6.17 Å². The highest BCUT2D eigenvalue weighted by atomic mass is 19.3. The zero-order chi connectivity index (χ0) is 26.3. The van der Waals surface area contributed by atoms with Crippen molar-refractivity contribution in [2.45, 2.75) is 58.5 Å². The van der Waals surface area contributed by atoms with Gasteiger partial charge in [0.2, 0.25) is 0 Å². The molecule has 1 spiro atoms. The third kappa shape index (κ3) is 3.15. The molecule has 0 radical (unpaired) electrons. The first-order chi connectivity index (χ1) is 16.9. The number of nitrogens with zero attached hydrogens (tertiary/aromatic N) is 3. The number of fused-ring (bicyclic) bond motifs is 8. The number of phenols is 1. The molecule has 184 valence electrons. The summed E-state index contributed by atoms with van der Waals surface area (Å²) in [5, 5.41) is 21.4. The van der Waals surface area contributed by atoms with Crippen LogP contribution < -0.4 is 10.3 Å². The lowest BCUT2D eigenvalue weighted by Gasteiger charge is -2.51. The molecule has 1 heterocycles. The lowest BCUT2D eigenvalue weighted by Crippen LogP contribution is -2.43. The predicted octanol–water partition coefficient (Wildman–Crippen LogP) is 7.80. The topological polar surface area (TPSA) is 63.7 Å². The number of nitrogens with one attached hydrogen (secondary N) is 1. The van der Waals surface area contributed by atoms with E-state index in [0.717, 1.165) is 36.0 Å². The van der Waals surface area contributed by atoms with Crippen LogP contribution in [0.25, 0.3) is 26.9 Å². The lowest BCUT2D eigenvalue weighted by molar-refractivity contribution is 0.0445. The van der Waals surface area contributed by atoms with Gasteiger partial charge in [0, 0.05) is 22.4 Å². The highest BCUT2D eigenvalue weighted by Crippen LogP contribution is 2.65. The second kappa shape index (κ2) is 7.34. The van der Waals surface area contributed by atoms with Gasteiger partial charge in [-0.05, 0) is 75.9 Å². The van der Waals surface area contributed by atoms with E-state index in [2.05, 4.69) is 62.7 Å². The third-order valence-corrected chi connectivity index (χ3v) is 7.86. The van der Waals surface area contributed by atoms with E-state index in [-0.39, 0.29) is 33.4 Å². The molecule has 5 nitrogen and oxygen atoms in total. The van der Waals surface area contributed by atoms with Crippen LogP contribution in [-0.2, 0) is 5.41 Å². The Labute approximate surface area is 209 Å². The number of benzene rings is 3. The number of alkyl halides is 2. The molecule has 1 fully saturated rings. The molecule has 6 rings (SSSR count). The van der Waals surface area contributed by atoms with Crippen molar-refractivity contribution in [1.82, 2.24) is 0 Å². The molecule has 3 aromatic carbocycles. The molecule has 7 heteroatoms. The van der Waals surface area contributed by atoms with Crippen LogP contribution in [0.5, 0.6) is 5.75 Å². The van der Waals surface area contributed by atoms with Crippen molar-refractivity contribution in [2.75, 3.05) is 10.3 Å². The summed E-state index contributed by atoms with van der Waals surface area (Å²) < 4.78 is 28.9. The zero-order valence-electron chi connectivity index (χ0n) is 20.8. The number of phenolic OH excluding ortho intramolecular Hbond substituents is 1. The molecule has 0 amide bonds. The molecule has 0 bridgehead atoms. The first-order valence-electron chi connectivity index (χ1n) is 11.9. The summed E-state index contributed by atoms with van der Waals surface area (Å²) in [5.74, 6) is 0.0799. The molecule has 0 atom stereocenters. The van der Waals surface area contributed by atoms with Gasteiger partial charge in [-0.25, -0.2) is 5.26 Å². The van der Waals surface area contributed by atoms with Crippen molar-refractivity contribution in [3.8, 4) is 23.4 Å². The number of nitriles is 1. The number of halogens is 2. The van der Waals surface area contributed by atoms with Gasteiger partial charge in [0.05, 0.1) is 5.69 Å². The Balaban J connectivity index is 0.00000130. The summed E-state index contributed by atoms with van der Waals surface area (Å²) in [6.45, 7) is 20.1. The lowest BCUT2D eigenvalue weighted by atomic mass is 9.52. The van der Waals surface area contributed by atoms with E-state index < -0.39 is 6.17 Å². The van der Waals surface area contributed by atoms with Crippen molar-refractivity contribution in [3.63, 3.8) is 0 Å². The number of hydrogen-bond acceptors (Lipinski definition) is 4. The second-order valence-corrected chi connectivity index (χ2v) is 11.8. The summed E-state index contributed by atoms with van der Waals surface area (Å²) >= 11 is 0. The second-order valence-electron chi connectivity index (χ2n) is 11.8. The van der Waals surface area contributed by atoms with E-state index in [1.54, 1.807) is 12.1 Å². The van der Waals surface area contributed by atoms with Crippen LogP contribution in [0.2, 0.25) is 0 Å². The van der Waals surface area contributed by atoms with E-state index >= 15 is 0 Å². The Morgan fingerprint density at radius 2 is 1.61 bits per heavy atom. The zero-order valence-corrected chi connectivity index (χ0v) is 20.8. The number of hydrogen-bond donors (Lipinski definition) is 2. The Kier molecular flexibility index (Phi) is 4.87. The van der Waals surface area contributed by atoms with Crippen LogP contribution in [0.1, 0.15) is 58.1 Å². The largest absolute Gasteiger partial charge is 0.507 e. The van der Waals surface area contributed by atoms with Gasteiger partial charge in [-0.15, -0.1) is 4.95 Å². The molecule has 1 saturated carbocycles. The summed E-state index contributed by atoms with van der Waals surface area (Å²) in [4.78, 5) is 3.08. The fourth-order valence-corrected chi connectivity index (χ4v) is 7.63. The minimum Gasteiger partial charge on any atom is -0.507 e. The van der Waals surface area contributed by atoms with E-state index in [9.17, 15) is 13.9 Å². The molecule has 0 saturated heterocycles. The van der Waals surface area contributed by atoms with E-state index in [4.69, 9.17) is 11.8 Å². The van der Waals surface area contributed by atoms with Gasteiger partial charge in [-0.2, -0.15) is 15.4 Å². The molecular weight excluding hydrogens is 458 g/mol. The average Bonchev–Trinajstić information content (AvgIpc) is 3.18. The minimum atomic E-state index is -3.50. The molecule has 0 aromatic heterocycles. The SMILES string of the molecule is C#N.[C-]#[N+]N1c2cc3c4c(cc(O)c3cc2NC1(F)F)C1(CC(C)(C)CC(C)(C)C1)c1ccccc1-4. The van der Waals surface area contributed by atoms with Crippen LogP contribution >= 0.6 is 0 Å². The fraction of sp³-hybridized carbons (Fsp3) is 0.379. The van der Waals surface area contributed by atoms with Crippen LogP contribution in [0.4, 0.5) is 20.2 Å². The number of anilines is 2. The average molecular weight is 487 g/mol. The molecule has 0 unspecified atom stereocenters. The molecule has 2 aliphatic carbocycles. The molecule has 1 aliphatic heterocycles. The first kappa shape index (κ1) is 23.9. The van der Waals surface area contributed by atoms with Gasteiger partial charge in [-0.1, -0.05) is 52.0 Å². The summed E-state index contributed by atoms with van der Waals surface area (Å²) in [7, 11) is 0. The van der Waals surface area contributed by atoms with Crippen LogP contribution in [0, 0.1) is 29.2 Å². The van der Waals surface area contributed by atoms with Gasteiger partial charge in [0.25, 0.3) is 0 Å². The Morgan fingerprint density at radius 3 is 2.25 bits per heavy atom. The normalized spacial score (nSPS) is 20.9. The molecule has 3 aromatic rings. The highest BCUT2D eigenvalue weighted by molar-refractivity contribution is 6.09. The maximum atomic E-state index is 14.5. The van der Waals surface area contributed by atoms with Crippen LogP contribution in [0.15, 0.2) is 42.5 Å². The van der Waals surface area contributed by atoms with Gasteiger partial charge in [0.1, 0.15) is 11.4 Å². The van der Waals surface area contributed by atoms with Crippen LogP contribution in [-0.4, -0.2) is 11.3 Å². The Morgan fingerprint density at radius 1 is 0.972 bits per heavy atom. The number of aromatic hydroxyl groups is 1. The van der Waals surface area contributed by atoms with Crippen molar-refractivity contribution in [2.24, 2.45) is 10.8 Å². The quantitative estimate of drug-likeness (QED) is 0.251. The molecule has 36 heavy (non-hydrogen) atoms. The first-order valence-corrected chi connectivity index (χ1v) is 11.9. The third-order valence-electron chi connectivity index (χ3n) is 7.86. The van der Waals surface area contributed by atoms with Crippen molar-refractivity contribution in [1.29, 1.82) is 5.26 Å². The van der Waals surface area contributed by atoms with Crippen molar-refractivity contribution < 1.29 is 13.9 Å². The maximum Gasteiger partial charge on any atom is 0.473 e. The Hall–Kier alpha value is -3.84. The van der Waals surface area contributed by atoms with E-state index in [1.807, 2.05) is 12.1 Å². The fourth-order valence-electron chi connectivity index (χ4n) is 7.63. The number of rotatable bonds is 0. The van der Waals surface area contributed by atoms with E-state index in [1.165, 1.54) is 5.56 Å². The van der Waals surface area contributed by atoms with Gasteiger partial charge < -0.3 is 10.4 Å². The summed E-state index contributed by atoms with van der Waals surface area (Å²) in [5.41, 5.74) is 4.55. The Bertz CT molecular complexity index is 1470. The maximum absolute atomic E-state index is 14.5. The summed E-state index contributed by atoms with van der Waals surface area (Å²) in [6.07, 6.45) is -0.516. The smallest absolute Gasteiger partial charge is 0.473 e. The monoisotopic (exact) mass is 486 g/mol.